The Kier molecular flexibility index (Phi) is 5.97. The van der Waals surface area contributed by atoms with E-state index in [1.807, 2.05) is 13.0 Å². The molecule has 0 saturated heterocycles. The van der Waals surface area contributed by atoms with Gasteiger partial charge in [0.2, 0.25) is 5.91 Å². The van der Waals surface area contributed by atoms with Gasteiger partial charge in [-0.05, 0) is 37.5 Å². The van der Waals surface area contributed by atoms with Gasteiger partial charge in [-0.3, -0.25) is 4.79 Å². The SMILES string of the molecule is COC(=O)c1nc(NC(=O)CCc2cc3c(C)cc(=O)oc3cc2OC)sc1C. The van der Waals surface area contributed by atoms with Gasteiger partial charge in [0.15, 0.2) is 10.8 Å². The van der Waals surface area contributed by atoms with Crippen LogP contribution in [0, 0.1) is 13.8 Å². The number of hydrogen-bond acceptors (Lipinski definition) is 8. The number of amides is 1. The molecule has 0 atom stereocenters. The smallest absolute Gasteiger partial charge is 0.357 e. The van der Waals surface area contributed by atoms with Crippen LogP contribution in [0.1, 0.15) is 32.9 Å². The summed E-state index contributed by atoms with van der Waals surface area (Å²) in [5.41, 5.74) is 1.82. The lowest BCUT2D eigenvalue weighted by Gasteiger charge is -2.11. The van der Waals surface area contributed by atoms with E-state index in [1.54, 1.807) is 13.0 Å². The number of carbonyl (C=O) groups is 2. The van der Waals surface area contributed by atoms with Crippen LogP contribution in [0.5, 0.6) is 5.75 Å². The second-order valence-corrected chi connectivity index (χ2v) is 7.58. The number of benzene rings is 1. The van der Waals surface area contributed by atoms with Crippen molar-refractivity contribution in [2.24, 2.45) is 0 Å². The monoisotopic (exact) mass is 416 g/mol. The Morgan fingerprint density at radius 3 is 2.66 bits per heavy atom. The number of ether oxygens (including phenoxy) is 2. The molecule has 152 valence electrons. The number of thiazole rings is 1. The quantitative estimate of drug-likeness (QED) is 0.485. The van der Waals surface area contributed by atoms with Gasteiger partial charge in [0.05, 0.1) is 14.2 Å². The van der Waals surface area contributed by atoms with Gasteiger partial charge in [0.25, 0.3) is 0 Å². The van der Waals surface area contributed by atoms with Gasteiger partial charge in [-0.2, -0.15) is 0 Å². The lowest BCUT2D eigenvalue weighted by molar-refractivity contribution is -0.116. The number of nitrogens with one attached hydrogen (secondary N) is 1. The number of anilines is 1. The molecular formula is C20H20N2O6S. The molecule has 9 heteroatoms. The van der Waals surface area contributed by atoms with Crippen LogP contribution in [0.15, 0.2) is 27.4 Å². The van der Waals surface area contributed by atoms with Gasteiger partial charge in [0, 0.05) is 28.8 Å². The van der Waals surface area contributed by atoms with E-state index in [1.165, 1.54) is 31.6 Å². The van der Waals surface area contributed by atoms with Crippen LogP contribution in [0.2, 0.25) is 0 Å². The van der Waals surface area contributed by atoms with Crippen LogP contribution < -0.4 is 15.7 Å². The maximum atomic E-state index is 12.4. The van der Waals surface area contributed by atoms with Crippen LogP contribution in [-0.2, 0) is 16.0 Å². The topological polar surface area (TPSA) is 108 Å². The minimum absolute atomic E-state index is 0.184. The minimum atomic E-state index is -0.540. The highest BCUT2D eigenvalue weighted by Crippen LogP contribution is 2.28. The number of aryl methyl sites for hydroxylation is 3. The Hall–Kier alpha value is -3.20. The molecule has 0 unspecified atom stereocenters. The highest BCUT2D eigenvalue weighted by atomic mass is 32.1. The fourth-order valence-electron chi connectivity index (χ4n) is 2.94. The van der Waals surface area contributed by atoms with Crippen LogP contribution in [0.3, 0.4) is 0 Å². The maximum absolute atomic E-state index is 12.4. The minimum Gasteiger partial charge on any atom is -0.496 e. The first kappa shape index (κ1) is 20.5. The van der Waals surface area contributed by atoms with E-state index in [9.17, 15) is 14.4 Å². The number of nitrogens with zero attached hydrogens (tertiary/aromatic N) is 1. The number of fused-ring (bicyclic) bond motifs is 1. The zero-order valence-electron chi connectivity index (χ0n) is 16.5. The number of methoxy groups -OCH3 is 2. The van der Waals surface area contributed by atoms with Crippen molar-refractivity contribution in [3.63, 3.8) is 0 Å². The standard InChI is InChI=1S/C20H20N2O6S/c1-10-7-17(24)28-15-9-14(26-3)12(8-13(10)15)5-6-16(23)21-20-22-18(11(2)29-20)19(25)27-4/h7-9H,5-6H2,1-4H3,(H,21,22,23). The van der Waals surface area contributed by atoms with Gasteiger partial charge in [-0.1, -0.05) is 0 Å². The van der Waals surface area contributed by atoms with Crippen molar-refractivity contribution >= 4 is 39.3 Å². The summed E-state index contributed by atoms with van der Waals surface area (Å²) in [6, 6.07) is 4.95. The second-order valence-electron chi connectivity index (χ2n) is 6.37. The summed E-state index contributed by atoms with van der Waals surface area (Å²) < 4.78 is 15.3. The van der Waals surface area contributed by atoms with E-state index < -0.39 is 11.6 Å². The number of carbonyl (C=O) groups excluding carboxylic acids is 2. The van der Waals surface area contributed by atoms with E-state index >= 15 is 0 Å². The molecule has 3 aromatic rings. The van der Waals surface area contributed by atoms with E-state index in [2.05, 4.69) is 15.0 Å². The Morgan fingerprint density at radius 1 is 1.21 bits per heavy atom. The van der Waals surface area contributed by atoms with Crippen LogP contribution in [0.25, 0.3) is 11.0 Å². The third-order valence-corrected chi connectivity index (χ3v) is 5.28. The van der Waals surface area contributed by atoms with Crippen molar-refractivity contribution < 1.29 is 23.5 Å². The first-order valence-electron chi connectivity index (χ1n) is 8.79. The number of esters is 1. The highest BCUT2D eigenvalue weighted by Gasteiger charge is 2.17. The van der Waals surface area contributed by atoms with E-state index in [4.69, 9.17) is 9.15 Å². The van der Waals surface area contributed by atoms with Gasteiger partial charge in [-0.25, -0.2) is 14.6 Å². The molecule has 2 heterocycles. The fraction of sp³-hybridized carbons (Fsp3) is 0.300. The fourth-order valence-corrected chi connectivity index (χ4v) is 3.76. The Morgan fingerprint density at radius 2 is 1.97 bits per heavy atom. The number of rotatable bonds is 6. The lowest BCUT2D eigenvalue weighted by atomic mass is 10.0. The van der Waals surface area contributed by atoms with Gasteiger partial charge in [0.1, 0.15) is 11.3 Å². The summed E-state index contributed by atoms with van der Waals surface area (Å²) in [6.07, 6.45) is 0.599. The molecular weight excluding hydrogens is 396 g/mol. The molecule has 1 amide bonds. The zero-order valence-corrected chi connectivity index (χ0v) is 17.3. The highest BCUT2D eigenvalue weighted by molar-refractivity contribution is 7.16. The number of hydrogen-bond donors (Lipinski definition) is 1. The third kappa shape index (κ3) is 4.45. The van der Waals surface area contributed by atoms with Crippen molar-refractivity contribution in [3.8, 4) is 5.75 Å². The van der Waals surface area contributed by atoms with Crippen molar-refractivity contribution in [3.05, 3.63) is 50.3 Å². The van der Waals surface area contributed by atoms with E-state index in [0.717, 1.165) is 16.5 Å². The molecule has 29 heavy (non-hydrogen) atoms. The van der Waals surface area contributed by atoms with Crippen LogP contribution in [-0.4, -0.2) is 31.1 Å². The summed E-state index contributed by atoms with van der Waals surface area (Å²) in [5.74, 6) is -0.243. The van der Waals surface area contributed by atoms with Crippen molar-refractivity contribution in [1.29, 1.82) is 0 Å². The predicted octanol–water partition coefficient (Wildman–Crippen LogP) is 3.23. The summed E-state index contributed by atoms with van der Waals surface area (Å²) in [7, 11) is 2.80. The van der Waals surface area contributed by atoms with Gasteiger partial charge in [-0.15, -0.1) is 11.3 Å². The Labute approximate surface area is 170 Å². The van der Waals surface area contributed by atoms with Crippen molar-refractivity contribution in [2.45, 2.75) is 26.7 Å². The molecule has 0 aliphatic carbocycles. The largest absolute Gasteiger partial charge is 0.496 e. The zero-order chi connectivity index (χ0) is 21.1. The van der Waals surface area contributed by atoms with E-state index in [-0.39, 0.29) is 18.0 Å². The normalized spacial score (nSPS) is 10.8. The summed E-state index contributed by atoms with van der Waals surface area (Å²) >= 11 is 1.21. The van der Waals surface area contributed by atoms with E-state index in [0.29, 0.717) is 27.8 Å². The Balaban J connectivity index is 1.75. The molecule has 0 saturated carbocycles. The second kappa shape index (κ2) is 8.44. The summed E-state index contributed by atoms with van der Waals surface area (Å²) in [4.78, 5) is 40.4. The molecule has 2 aromatic heterocycles. The lowest BCUT2D eigenvalue weighted by Crippen LogP contribution is -2.13. The molecule has 3 rings (SSSR count). The Bertz CT molecular complexity index is 1150. The molecule has 0 fully saturated rings. The van der Waals surface area contributed by atoms with Crippen molar-refractivity contribution in [1.82, 2.24) is 4.98 Å². The first-order valence-corrected chi connectivity index (χ1v) is 9.61. The average Bonchev–Trinajstić information content (AvgIpc) is 3.05. The maximum Gasteiger partial charge on any atom is 0.357 e. The molecule has 0 aliphatic rings. The molecule has 0 spiro atoms. The van der Waals surface area contributed by atoms with Gasteiger partial charge < -0.3 is 19.2 Å². The predicted molar refractivity (Wildman–Crippen MR) is 109 cm³/mol. The summed E-state index contributed by atoms with van der Waals surface area (Å²) in [6.45, 7) is 3.56. The van der Waals surface area contributed by atoms with Crippen LogP contribution in [0.4, 0.5) is 5.13 Å². The molecule has 8 nitrogen and oxygen atoms in total. The molecule has 0 bridgehead atoms. The average molecular weight is 416 g/mol. The molecule has 0 aliphatic heterocycles. The number of aromatic nitrogens is 1. The molecule has 1 aromatic carbocycles. The van der Waals surface area contributed by atoms with Crippen molar-refractivity contribution in [2.75, 3.05) is 19.5 Å². The molecule has 0 radical (unpaired) electrons. The third-order valence-electron chi connectivity index (χ3n) is 4.40. The van der Waals surface area contributed by atoms with Gasteiger partial charge >= 0.3 is 11.6 Å². The van der Waals surface area contributed by atoms with Crippen LogP contribution >= 0.6 is 11.3 Å². The summed E-state index contributed by atoms with van der Waals surface area (Å²) in [5, 5.41) is 3.84. The first-order chi connectivity index (χ1) is 13.8. The molecule has 1 N–H and O–H groups in total.